The second kappa shape index (κ2) is 9.07. The third-order valence-electron chi connectivity index (χ3n) is 6.65. The number of nitrogens with zero attached hydrogens (tertiary/aromatic N) is 1. The quantitative estimate of drug-likeness (QED) is 0.553. The Morgan fingerprint density at radius 3 is 2.45 bits per heavy atom. The van der Waals surface area contributed by atoms with Crippen LogP contribution in [0.25, 0.3) is 11.1 Å². The number of fused-ring (bicyclic) bond motifs is 1. The highest BCUT2D eigenvalue weighted by atomic mass is 16.1. The van der Waals surface area contributed by atoms with Gasteiger partial charge < -0.3 is 5.32 Å². The highest BCUT2D eigenvalue weighted by Gasteiger charge is 2.17. The molecular formula is C28H30N2O. The van der Waals surface area contributed by atoms with Crippen LogP contribution in [0.5, 0.6) is 0 Å². The summed E-state index contributed by atoms with van der Waals surface area (Å²) in [7, 11) is 0. The van der Waals surface area contributed by atoms with Crippen molar-refractivity contribution in [3.05, 3.63) is 89.0 Å². The summed E-state index contributed by atoms with van der Waals surface area (Å²) in [6.07, 6.45) is 7.34. The van der Waals surface area contributed by atoms with Crippen molar-refractivity contribution in [1.29, 1.82) is 0 Å². The first-order chi connectivity index (χ1) is 15.3. The number of hydrogen-bond donors (Lipinski definition) is 1. The Kier molecular flexibility index (Phi) is 5.86. The summed E-state index contributed by atoms with van der Waals surface area (Å²) in [6, 6.07) is 23.0. The van der Waals surface area contributed by atoms with E-state index >= 15 is 0 Å². The third kappa shape index (κ3) is 4.57. The van der Waals surface area contributed by atoms with E-state index in [2.05, 4.69) is 58.7 Å². The van der Waals surface area contributed by atoms with Crippen LogP contribution in [-0.4, -0.2) is 23.9 Å². The molecule has 1 aliphatic heterocycles. The van der Waals surface area contributed by atoms with E-state index in [4.69, 9.17) is 0 Å². The fraction of sp³-hybridized carbons (Fsp3) is 0.321. The minimum Gasteiger partial charge on any atom is -0.322 e. The molecule has 1 fully saturated rings. The molecule has 1 aliphatic carbocycles. The molecular weight excluding hydrogens is 380 g/mol. The Hall–Kier alpha value is -2.91. The summed E-state index contributed by atoms with van der Waals surface area (Å²) in [5.41, 5.74) is 8.09. The van der Waals surface area contributed by atoms with Crippen LogP contribution in [0.1, 0.15) is 52.7 Å². The molecule has 31 heavy (non-hydrogen) atoms. The molecule has 158 valence electrons. The lowest BCUT2D eigenvalue weighted by atomic mass is 9.96. The first kappa shape index (κ1) is 20.0. The predicted octanol–water partition coefficient (Wildman–Crippen LogP) is 6.08. The maximum Gasteiger partial charge on any atom is 0.255 e. The van der Waals surface area contributed by atoms with E-state index in [1.165, 1.54) is 53.5 Å². The van der Waals surface area contributed by atoms with Gasteiger partial charge >= 0.3 is 0 Å². The van der Waals surface area contributed by atoms with Crippen LogP contribution < -0.4 is 5.32 Å². The Morgan fingerprint density at radius 2 is 1.61 bits per heavy atom. The van der Waals surface area contributed by atoms with Gasteiger partial charge in [0.2, 0.25) is 0 Å². The number of piperidine rings is 1. The molecule has 2 aliphatic rings. The van der Waals surface area contributed by atoms with E-state index in [1.54, 1.807) is 0 Å². The van der Waals surface area contributed by atoms with Gasteiger partial charge in [-0.15, -0.1) is 0 Å². The topological polar surface area (TPSA) is 32.3 Å². The van der Waals surface area contributed by atoms with Crippen molar-refractivity contribution < 1.29 is 4.79 Å². The fourth-order valence-electron chi connectivity index (χ4n) is 4.98. The molecule has 0 bridgehead atoms. The van der Waals surface area contributed by atoms with Gasteiger partial charge in [-0.05, 0) is 97.3 Å². The molecule has 3 aromatic rings. The first-order valence-corrected chi connectivity index (χ1v) is 11.6. The fourth-order valence-corrected chi connectivity index (χ4v) is 4.98. The standard InChI is InChI=1S/C28H30N2O/c31-28(29-26-14-12-21-10-7-11-23(21)19-26)24-13-15-27(22-8-3-1-4-9-22)25(18-24)20-30-16-5-2-6-17-30/h1,3-4,8-9,12-15,18-19H,2,5-7,10-11,16-17,20H2,(H,29,31). The molecule has 0 aromatic heterocycles. The van der Waals surface area contributed by atoms with Gasteiger partial charge in [0.15, 0.2) is 0 Å². The number of benzene rings is 3. The van der Waals surface area contributed by atoms with Crippen LogP contribution in [0.3, 0.4) is 0 Å². The molecule has 3 aromatic carbocycles. The molecule has 1 heterocycles. The zero-order valence-corrected chi connectivity index (χ0v) is 18.1. The second-order valence-electron chi connectivity index (χ2n) is 8.87. The number of likely N-dealkylation sites (tertiary alicyclic amines) is 1. The van der Waals surface area contributed by atoms with Crippen molar-refractivity contribution in [2.45, 2.75) is 45.1 Å². The maximum atomic E-state index is 13.1. The third-order valence-corrected chi connectivity index (χ3v) is 6.65. The Morgan fingerprint density at radius 1 is 0.806 bits per heavy atom. The van der Waals surface area contributed by atoms with Crippen molar-refractivity contribution in [3.63, 3.8) is 0 Å². The van der Waals surface area contributed by atoms with Gasteiger partial charge in [0, 0.05) is 17.8 Å². The Labute approximate surface area is 185 Å². The van der Waals surface area contributed by atoms with Gasteiger partial charge in [0.25, 0.3) is 5.91 Å². The molecule has 0 radical (unpaired) electrons. The van der Waals surface area contributed by atoms with E-state index in [0.717, 1.165) is 43.7 Å². The van der Waals surface area contributed by atoms with Crippen LogP contribution >= 0.6 is 0 Å². The molecule has 0 spiro atoms. The average molecular weight is 411 g/mol. The number of nitrogens with one attached hydrogen (secondary N) is 1. The summed E-state index contributed by atoms with van der Waals surface area (Å²) < 4.78 is 0. The minimum atomic E-state index is -0.0301. The van der Waals surface area contributed by atoms with E-state index in [0.29, 0.717) is 0 Å². The normalized spacial score (nSPS) is 16.1. The molecule has 0 saturated carbocycles. The molecule has 1 N–H and O–H groups in total. The highest BCUT2D eigenvalue weighted by molar-refractivity contribution is 6.04. The smallest absolute Gasteiger partial charge is 0.255 e. The summed E-state index contributed by atoms with van der Waals surface area (Å²) in [5, 5.41) is 3.13. The summed E-state index contributed by atoms with van der Waals surface area (Å²) in [5.74, 6) is -0.0301. The van der Waals surface area contributed by atoms with E-state index in [-0.39, 0.29) is 5.91 Å². The average Bonchev–Trinajstić information content (AvgIpc) is 3.28. The van der Waals surface area contributed by atoms with E-state index in [1.807, 2.05) is 18.2 Å². The second-order valence-corrected chi connectivity index (χ2v) is 8.87. The van der Waals surface area contributed by atoms with Crippen LogP contribution in [0.2, 0.25) is 0 Å². The number of hydrogen-bond acceptors (Lipinski definition) is 2. The van der Waals surface area contributed by atoms with E-state index < -0.39 is 0 Å². The van der Waals surface area contributed by atoms with Gasteiger partial charge in [0.1, 0.15) is 0 Å². The summed E-state index contributed by atoms with van der Waals surface area (Å²) in [6.45, 7) is 3.17. The number of anilines is 1. The number of carbonyl (C=O) groups is 1. The van der Waals surface area contributed by atoms with Crippen LogP contribution in [0, 0.1) is 0 Å². The van der Waals surface area contributed by atoms with Gasteiger partial charge in [-0.1, -0.05) is 48.9 Å². The minimum absolute atomic E-state index is 0.0301. The highest BCUT2D eigenvalue weighted by Crippen LogP contribution is 2.28. The molecule has 3 nitrogen and oxygen atoms in total. The predicted molar refractivity (Wildman–Crippen MR) is 127 cm³/mol. The summed E-state index contributed by atoms with van der Waals surface area (Å²) >= 11 is 0. The van der Waals surface area contributed by atoms with E-state index in [9.17, 15) is 4.79 Å². The van der Waals surface area contributed by atoms with Crippen molar-refractivity contribution in [3.8, 4) is 11.1 Å². The zero-order chi connectivity index (χ0) is 21.0. The molecule has 1 saturated heterocycles. The SMILES string of the molecule is O=C(Nc1ccc2c(c1)CCC2)c1ccc(-c2ccccc2)c(CN2CCCCC2)c1. The zero-order valence-electron chi connectivity index (χ0n) is 18.1. The maximum absolute atomic E-state index is 13.1. The monoisotopic (exact) mass is 410 g/mol. The largest absolute Gasteiger partial charge is 0.322 e. The lowest BCUT2D eigenvalue weighted by molar-refractivity contribution is 0.102. The van der Waals surface area contributed by atoms with Crippen LogP contribution in [0.4, 0.5) is 5.69 Å². The molecule has 0 unspecified atom stereocenters. The van der Waals surface area contributed by atoms with Crippen molar-refractivity contribution in [2.75, 3.05) is 18.4 Å². The number of amides is 1. The van der Waals surface area contributed by atoms with Crippen LogP contribution in [-0.2, 0) is 19.4 Å². The number of carbonyl (C=O) groups excluding carboxylic acids is 1. The van der Waals surface area contributed by atoms with Gasteiger partial charge in [-0.25, -0.2) is 0 Å². The van der Waals surface area contributed by atoms with Crippen molar-refractivity contribution >= 4 is 11.6 Å². The Balaban J connectivity index is 1.41. The number of rotatable bonds is 5. The van der Waals surface area contributed by atoms with Crippen molar-refractivity contribution in [2.24, 2.45) is 0 Å². The molecule has 5 rings (SSSR count). The molecule has 1 amide bonds. The van der Waals surface area contributed by atoms with Gasteiger partial charge in [0.05, 0.1) is 0 Å². The van der Waals surface area contributed by atoms with Crippen molar-refractivity contribution in [1.82, 2.24) is 4.90 Å². The molecule has 3 heteroatoms. The first-order valence-electron chi connectivity index (χ1n) is 11.6. The lowest BCUT2D eigenvalue weighted by Gasteiger charge is -2.27. The van der Waals surface area contributed by atoms with Crippen LogP contribution in [0.15, 0.2) is 66.7 Å². The lowest BCUT2D eigenvalue weighted by Crippen LogP contribution is -2.29. The molecule has 0 atom stereocenters. The number of aryl methyl sites for hydroxylation is 2. The van der Waals surface area contributed by atoms with Gasteiger partial charge in [-0.2, -0.15) is 0 Å². The van der Waals surface area contributed by atoms with Gasteiger partial charge in [-0.3, -0.25) is 9.69 Å². The summed E-state index contributed by atoms with van der Waals surface area (Å²) in [4.78, 5) is 15.6. The Bertz CT molecular complexity index is 1070.